The summed E-state index contributed by atoms with van der Waals surface area (Å²) in [6, 6.07) is 15.1. The van der Waals surface area contributed by atoms with Crippen molar-refractivity contribution in [3.63, 3.8) is 0 Å². The third-order valence-electron chi connectivity index (χ3n) is 2.80. The molecule has 19 heavy (non-hydrogen) atoms. The van der Waals surface area contributed by atoms with Gasteiger partial charge in [-0.1, -0.05) is 18.2 Å². The predicted octanol–water partition coefficient (Wildman–Crippen LogP) is 2.78. The van der Waals surface area contributed by atoms with E-state index in [9.17, 15) is 0 Å². The molecule has 0 aliphatic rings. The Balaban J connectivity index is 1.81. The quantitative estimate of drug-likeness (QED) is 0.717. The highest BCUT2D eigenvalue weighted by molar-refractivity contribution is 5.43. The number of para-hydroxylation sites is 1. The number of benzene rings is 1. The van der Waals surface area contributed by atoms with Crippen LogP contribution in [0.15, 0.2) is 54.9 Å². The number of fused-ring (bicyclic) bond motifs is 1. The molecule has 0 N–H and O–H groups in total. The van der Waals surface area contributed by atoms with Gasteiger partial charge in [0.05, 0.1) is 11.3 Å². The van der Waals surface area contributed by atoms with E-state index in [-0.39, 0.29) is 0 Å². The smallest absolute Gasteiger partial charge is 0.137 e. The molecular weight excluding hydrogens is 238 g/mol. The molecular formula is C15H11N3O. The van der Waals surface area contributed by atoms with E-state index < -0.39 is 0 Å². The van der Waals surface area contributed by atoms with Gasteiger partial charge in [-0.15, -0.1) is 0 Å². The van der Waals surface area contributed by atoms with Crippen molar-refractivity contribution in [2.45, 2.75) is 6.61 Å². The van der Waals surface area contributed by atoms with Crippen LogP contribution in [0.1, 0.15) is 11.3 Å². The first-order valence-corrected chi connectivity index (χ1v) is 5.91. The Bertz CT molecular complexity index is 722. The van der Waals surface area contributed by atoms with E-state index >= 15 is 0 Å². The molecule has 0 fully saturated rings. The molecule has 2 heterocycles. The maximum Gasteiger partial charge on any atom is 0.137 e. The van der Waals surface area contributed by atoms with Crippen molar-refractivity contribution in [1.82, 2.24) is 9.38 Å². The normalized spacial score (nSPS) is 10.3. The van der Waals surface area contributed by atoms with E-state index in [0.717, 1.165) is 11.3 Å². The SMILES string of the molecule is N#Cc1ccccc1OCc1cn2ccccc2n1. The summed E-state index contributed by atoms with van der Waals surface area (Å²) in [6.07, 6.45) is 3.86. The van der Waals surface area contributed by atoms with Gasteiger partial charge < -0.3 is 9.14 Å². The van der Waals surface area contributed by atoms with Crippen LogP contribution in [-0.2, 0) is 6.61 Å². The monoisotopic (exact) mass is 249 g/mol. The molecule has 0 bridgehead atoms. The summed E-state index contributed by atoms with van der Waals surface area (Å²) in [6.45, 7) is 0.348. The molecule has 0 aliphatic carbocycles. The fraction of sp³-hybridized carbons (Fsp3) is 0.0667. The minimum Gasteiger partial charge on any atom is -0.486 e. The minimum atomic E-state index is 0.348. The van der Waals surface area contributed by atoms with Crippen LogP contribution < -0.4 is 4.74 Å². The second-order valence-electron chi connectivity index (χ2n) is 4.09. The lowest BCUT2D eigenvalue weighted by molar-refractivity contribution is 0.301. The van der Waals surface area contributed by atoms with Crippen LogP contribution in [0, 0.1) is 11.3 Å². The van der Waals surface area contributed by atoms with Crippen molar-refractivity contribution < 1.29 is 4.74 Å². The lowest BCUT2D eigenvalue weighted by Gasteiger charge is -2.05. The number of imidazole rings is 1. The molecule has 1 aromatic carbocycles. The number of ether oxygens (including phenoxy) is 1. The molecule has 0 atom stereocenters. The first-order valence-electron chi connectivity index (χ1n) is 5.91. The van der Waals surface area contributed by atoms with E-state index in [2.05, 4.69) is 11.1 Å². The first kappa shape index (κ1) is 11.3. The Hall–Kier alpha value is -2.80. The van der Waals surface area contributed by atoms with Gasteiger partial charge in [-0.2, -0.15) is 5.26 Å². The summed E-state index contributed by atoms with van der Waals surface area (Å²) in [5, 5.41) is 8.98. The van der Waals surface area contributed by atoms with E-state index in [0.29, 0.717) is 17.9 Å². The Morgan fingerprint density at radius 2 is 2.00 bits per heavy atom. The summed E-state index contributed by atoms with van der Waals surface area (Å²) >= 11 is 0. The lowest BCUT2D eigenvalue weighted by Crippen LogP contribution is -1.97. The molecule has 0 amide bonds. The maximum absolute atomic E-state index is 8.98. The molecule has 0 radical (unpaired) electrons. The zero-order chi connectivity index (χ0) is 13.1. The summed E-state index contributed by atoms with van der Waals surface area (Å²) in [5.41, 5.74) is 2.25. The molecule has 0 saturated carbocycles. The van der Waals surface area contributed by atoms with Gasteiger partial charge >= 0.3 is 0 Å². The zero-order valence-electron chi connectivity index (χ0n) is 10.2. The number of rotatable bonds is 3. The molecule has 2 aromatic heterocycles. The number of hydrogen-bond acceptors (Lipinski definition) is 3. The second kappa shape index (κ2) is 4.83. The van der Waals surface area contributed by atoms with Crippen LogP contribution in [0.4, 0.5) is 0 Å². The molecule has 4 nitrogen and oxygen atoms in total. The average Bonchev–Trinajstić information content (AvgIpc) is 2.88. The number of pyridine rings is 1. The van der Waals surface area contributed by atoms with Crippen LogP contribution >= 0.6 is 0 Å². The van der Waals surface area contributed by atoms with Gasteiger partial charge in [-0.05, 0) is 24.3 Å². The highest BCUT2D eigenvalue weighted by Gasteiger charge is 2.04. The first-order chi connectivity index (χ1) is 9.36. The summed E-state index contributed by atoms with van der Waals surface area (Å²) in [7, 11) is 0. The van der Waals surface area contributed by atoms with Crippen LogP contribution in [0.5, 0.6) is 5.75 Å². The van der Waals surface area contributed by atoms with Crippen molar-refractivity contribution >= 4 is 5.65 Å². The third kappa shape index (κ3) is 2.26. The van der Waals surface area contributed by atoms with Crippen LogP contribution in [0.3, 0.4) is 0 Å². The number of nitriles is 1. The average molecular weight is 249 g/mol. The molecule has 0 saturated heterocycles. The van der Waals surface area contributed by atoms with Crippen molar-refractivity contribution in [3.8, 4) is 11.8 Å². The fourth-order valence-corrected chi connectivity index (χ4v) is 1.89. The topological polar surface area (TPSA) is 50.3 Å². The zero-order valence-corrected chi connectivity index (χ0v) is 10.2. The lowest BCUT2D eigenvalue weighted by atomic mass is 10.2. The summed E-state index contributed by atoms with van der Waals surface area (Å²) in [5.74, 6) is 0.585. The third-order valence-corrected chi connectivity index (χ3v) is 2.80. The highest BCUT2D eigenvalue weighted by Crippen LogP contribution is 2.18. The molecule has 0 unspecified atom stereocenters. The van der Waals surface area contributed by atoms with E-state index in [1.807, 2.05) is 47.1 Å². The second-order valence-corrected chi connectivity index (χ2v) is 4.09. The number of aromatic nitrogens is 2. The van der Waals surface area contributed by atoms with Crippen molar-refractivity contribution in [2.75, 3.05) is 0 Å². The van der Waals surface area contributed by atoms with E-state index in [1.54, 1.807) is 12.1 Å². The van der Waals surface area contributed by atoms with Gasteiger partial charge in [0.1, 0.15) is 24.1 Å². The Morgan fingerprint density at radius 1 is 1.16 bits per heavy atom. The molecule has 4 heteroatoms. The number of nitrogens with zero attached hydrogens (tertiary/aromatic N) is 3. The molecule has 92 valence electrons. The maximum atomic E-state index is 8.98. The standard InChI is InChI=1S/C15H11N3O/c16-9-12-5-1-2-6-14(12)19-11-13-10-18-8-4-3-7-15(18)17-13/h1-8,10H,11H2. The minimum absolute atomic E-state index is 0.348. The molecule has 3 rings (SSSR count). The Labute approximate surface area is 110 Å². The van der Waals surface area contributed by atoms with Gasteiger partial charge in [0.15, 0.2) is 0 Å². The van der Waals surface area contributed by atoms with Gasteiger partial charge in [-0.3, -0.25) is 0 Å². The van der Waals surface area contributed by atoms with Crippen LogP contribution in [0.25, 0.3) is 5.65 Å². The van der Waals surface area contributed by atoms with Crippen molar-refractivity contribution in [2.24, 2.45) is 0 Å². The summed E-state index contributed by atoms with van der Waals surface area (Å²) < 4.78 is 7.58. The van der Waals surface area contributed by atoms with Gasteiger partial charge in [0.25, 0.3) is 0 Å². The van der Waals surface area contributed by atoms with E-state index in [1.165, 1.54) is 0 Å². The van der Waals surface area contributed by atoms with Gasteiger partial charge in [0.2, 0.25) is 0 Å². The Morgan fingerprint density at radius 3 is 2.84 bits per heavy atom. The predicted molar refractivity (Wildman–Crippen MR) is 70.7 cm³/mol. The van der Waals surface area contributed by atoms with Crippen LogP contribution in [-0.4, -0.2) is 9.38 Å². The fourth-order valence-electron chi connectivity index (χ4n) is 1.89. The molecule has 0 aliphatic heterocycles. The highest BCUT2D eigenvalue weighted by atomic mass is 16.5. The van der Waals surface area contributed by atoms with Crippen molar-refractivity contribution in [1.29, 1.82) is 5.26 Å². The van der Waals surface area contributed by atoms with Crippen LogP contribution in [0.2, 0.25) is 0 Å². The van der Waals surface area contributed by atoms with Gasteiger partial charge in [-0.25, -0.2) is 4.98 Å². The molecule has 3 aromatic rings. The number of hydrogen-bond donors (Lipinski definition) is 0. The summed E-state index contributed by atoms with van der Waals surface area (Å²) in [4.78, 5) is 4.44. The van der Waals surface area contributed by atoms with Crippen molar-refractivity contribution in [3.05, 3.63) is 66.1 Å². The Kier molecular flexibility index (Phi) is 2.87. The largest absolute Gasteiger partial charge is 0.486 e. The molecule has 0 spiro atoms. The van der Waals surface area contributed by atoms with E-state index in [4.69, 9.17) is 10.00 Å². The van der Waals surface area contributed by atoms with Gasteiger partial charge in [0, 0.05) is 12.4 Å².